The molecule has 6 aromatic rings. The van der Waals surface area contributed by atoms with Crippen LogP contribution in [0.3, 0.4) is 0 Å². The minimum Gasteiger partial charge on any atom is -0.445 e. The SMILES string of the molecule is Cc1cccc(-c2nc(CNc3cccc4c3CCN(C(=O)OCc3ccc(NC(=O)C(CCCNC(N)=O)NC(=O)[C@@H](NC(=O)CCCCCN5C(=O)C=CC5=O)C(C)C)cc3)C4)[nH]c2-c2ccc3ncnn3c2)n1. The fourth-order valence-corrected chi connectivity index (χ4v) is 9.01. The van der Waals surface area contributed by atoms with E-state index in [4.69, 9.17) is 20.4 Å². The van der Waals surface area contributed by atoms with Gasteiger partial charge in [0, 0.05) is 73.6 Å². The lowest BCUT2D eigenvalue weighted by atomic mass is 9.98. The molecule has 76 heavy (non-hydrogen) atoms. The number of amides is 8. The van der Waals surface area contributed by atoms with Crippen LogP contribution in [0.2, 0.25) is 0 Å². The van der Waals surface area contributed by atoms with E-state index in [1.54, 1.807) is 47.5 Å². The molecule has 2 aliphatic heterocycles. The van der Waals surface area contributed by atoms with E-state index in [1.807, 2.05) is 61.7 Å². The number of rotatable bonds is 23. The topological polar surface area (TPSA) is 293 Å². The molecule has 0 radical (unpaired) electrons. The number of fused-ring (bicyclic) bond motifs is 2. The summed E-state index contributed by atoms with van der Waals surface area (Å²) in [5, 5.41) is 18.8. The summed E-state index contributed by atoms with van der Waals surface area (Å²) in [6, 6.07) is 19.8. The third kappa shape index (κ3) is 13.8. The standard InChI is InChI=1S/C54H62N14O8/c1-33(2)48(65-45(69)15-5-4-6-26-67-46(70)22-23-47(67)71)52(73)62-42(14-9-25-56-53(55)74)51(72)61-38-19-16-35(17-20-38)31-76-54(75)66-27-24-39-36(29-66)11-8-12-40(39)57-28-43-63-49(37-18-21-44-58-32-59-68(44)30-37)50(64-43)41-13-7-10-34(3)60-41/h7-8,10-13,16-23,30,32-33,42,48,57H,4-6,9,14-15,24-29,31H2,1-3H3,(H,61,72)(H,62,73)(H,63,64)(H,65,69)(H3,55,56,74)/t42?,48-/m0/s1. The normalized spacial score (nSPS) is 13.8. The van der Waals surface area contributed by atoms with Gasteiger partial charge in [0.2, 0.25) is 17.7 Å². The van der Waals surface area contributed by atoms with Gasteiger partial charge in [0.25, 0.3) is 11.8 Å². The number of carbonyl (C=O) groups excluding carboxylic acids is 7. The van der Waals surface area contributed by atoms with Gasteiger partial charge in [-0.05, 0) is 104 Å². The Balaban J connectivity index is 0.820. The number of benzene rings is 2. The Morgan fingerprint density at radius 1 is 0.868 bits per heavy atom. The van der Waals surface area contributed by atoms with Crippen molar-refractivity contribution in [3.8, 4) is 22.6 Å². The summed E-state index contributed by atoms with van der Waals surface area (Å²) in [5.41, 5.74) is 14.2. The van der Waals surface area contributed by atoms with Crippen molar-refractivity contribution in [2.24, 2.45) is 11.7 Å². The predicted molar refractivity (Wildman–Crippen MR) is 282 cm³/mol. The number of hydrogen-bond donors (Lipinski definition) is 7. The van der Waals surface area contributed by atoms with Gasteiger partial charge in [-0.15, -0.1) is 0 Å². The molecule has 0 bridgehead atoms. The quantitative estimate of drug-likeness (QED) is 0.0317. The minimum absolute atomic E-state index is 0.0118. The number of imidazole rings is 1. The van der Waals surface area contributed by atoms with Crippen molar-refractivity contribution in [3.63, 3.8) is 0 Å². The highest BCUT2D eigenvalue weighted by Crippen LogP contribution is 2.31. The van der Waals surface area contributed by atoms with E-state index in [1.165, 1.54) is 18.5 Å². The summed E-state index contributed by atoms with van der Waals surface area (Å²) in [7, 11) is 0. The second-order valence-corrected chi connectivity index (χ2v) is 19.0. The zero-order chi connectivity index (χ0) is 53.7. The number of carbonyl (C=O) groups is 7. The Labute approximate surface area is 438 Å². The van der Waals surface area contributed by atoms with Gasteiger partial charge >= 0.3 is 12.1 Å². The number of aromatic amines is 1. The number of primary amides is 1. The van der Waals surface area contributed by atoms with Gasteiger partial charge in [-0.3, -0.25) is 33.9 Å². The number of nitrogens with one attached hydrogen (secondary N) is 6. The lowest BCUT2D eigenvalue weighted by molar-refractivity contribution is -0.137. The number of hydrogen-bond acceptors (Lipinski definition) is 13. The van der Waals surface area contributed by atoms with Crippen molar-refractivity contribution < 1.29 is 38.3 Å². The highest BCUT2D eigenvalue weighted by molar-refractivity contribution is 6.12. The molecule has 22 nitrogen and oxygen atoms in total. The Hall–Kier alpha value is -8.95. The van der Waals surface area contributed by atoms with Gasteiger partial charge in [-0.2, -0.15) is 5.10 Å². The number of aryl methyl sites for hydroxylation is 1. The minimum atomic E-state index is -1.04. The van der Waals surface area contributed by atoms with Crippen molar-refractivity contribution >= 4 is 58.7 Å². The van der Waals surface area contributed by atoms with Crippen molar-refractivity contribution in [2.75, 3.05) is 30.3 Å². The van der Waals surface area contributed by atoms with Gasteiger partial charge < -0.3 is 46.9 Å². The molecule has 4 aromatic heterocycles. The zero-order valence-electron chi connectivity index (χ0n) is 42.6. The first kappa shape index (κ1) is 53.3. The first-order valence-corrected chi connectivity index (χ1v) is 25.3. The Kier molecular flexibility index (Phi) is 17.4. The van der Waals surface area contributed by atoms with Gasteiger partial charge in [0.05, 0.1) is 17.9 Å². The van der Waals surface area contributed by atoms with Crippen LogP contribution < -0.4 is 32.3 Å². The molecule has 8 rings (SSSR count). The molecular weight excluding hydrogens is 973 g/mol. The number of nitrogens with two attached hydrogens (primary N) is 1. The summed E-state index contributed by atoms with van der Waals surface area (Å²) >= 11 is 0. The van der Waals surface area contributed by atoms with Gasteiger partial charge in [0.15, 0.2) is 5.65 Å². The average molecular weight is 1040 g/mol. The van der Waals surface area contributed by atoms with Gasteiger partial charge in [-0.25, -0.2) is 24.1 Å². The molecule has 0 saturated carbocycles. The largest absolute Gasteiger partial charge is 0.445 e. The summed E-state index contributed by atoms with van der Waals surface area (Å²) in [6.45, 7) is 7.12. The number of imide groups is 1. The maximum absolute atomic E-state index is 13.7. The van der Waals surface area contributed by atoms with Crippen molar-refractivity contribution in [1.82, 2.24) is 55.3 Å². The predicted octanol–water partition coefficient (Wildman–Crippen LogP) is 5.29. The Morgan fingerprint density at radius 3 is 2.42 bits per heavy atom. The first-order valence-electron chi connectivity index (χ1n) is 25.3. The molecule has 6 heterocycles. The summed E-state index contributed by atoms with van der Waals surface area (Å²) in [4.78, 5) is 109. The van der Waals surface area contributed by atoms with Crippen LogP contribution in [0.5, 0.6) is 0 Å². The molecule has 2 aliphatic rings. The molecule has 8 N–H and O–H groups in total. The molecule has 0 saturated heterocycles. The van der Waals surface area contributed by atoms with E-state index in [2.05, 4.69) is 41.7 Å². The number of H-pyrrole nitrogens is 1. The molecule has 0 aliphatic carbocycles. The fraction of sp³-hybridized carbons (Fsp3) is 0.352. The van der Waals surface area contributed by atoms with E-state index in [-0.39, 0.29) is 56.2 Å². The van der Waals surface area contributed by atoms with Gasteiger partial charge in [-0.1, -0.05) is 50.6 Å². The molecule has 1 unspecified atom stereocenters. The monoisotopic (exact) mass is 1030 g/mol. The van der Waals surface area contributed by atoms with Crippen LogP contribution in [0.25, 0.3) is 28.3 Å². The average Bonchev–Trinajstić information content (AvgIpc) is 4.15. The number of pyridine rings is 2. The number of urea groups is 1. The van der Waals surface area contributed by atoms with Crippen LogP contribution in [-0.2, 0) is 54.8 Å². The maximum Gasteiger partial charge on any atom is 0.410 e. The highest BCUT2D eigenvalue weighted by atomic mass is 16.6. The number of unbranched alkanes of at least 4 members (excludes halogenated alkanes) is 2. The van der Waals surface area contributed by atoms with Gasteiger partial charge in [0.1, 0.15) is 36.5 Å². The van der Waals surface area contributed by atoms with Crippen LogP contribution in [0.4, 0.5) is 21.0 Å². The smallest absolute Gasteiger partial charge is 0.410 e. The fourth-order valence-electron chi connectivity index (χ4n) is 9.01. The van der Waals surface area contributed by atoms with Crippen molar-refractivity contribution in [2.45, 2.75) is 97.5 Å². The van der Waals surface area contributed by atoms with E-state index in [9.17, 15) is 33.6 Å². The molecule has 396 valence electrons. The third-order valence-corrected chi connectivity index (χ3v) is 13.1. The third-order valence-electron chi connectivity index (χ3n) is 13.1. The highest BCUT2D eigenvalue weighted by Gasteiger charge is 2.30. The lowest BCUT2D eigenvalue weighted by Gasteiger charge is -2.29. The number of ether oxygens (including phenoxy) is 1. The zero-order valence-corrected chi connectivity index (χ0v) is 42.6. The Morgan fingerprint density at radius 2 is 1.66 bits per heavy atom. The van der Waals surface area contributed by atoms with Crippen LogP contribution in [0.1, 0.15) is 80.6 Å². The van der Waals surface area contributed by atoms with Crippen molar-refractivity contribution in [1.29, 1.82) is 0 Å². The van der Waals surface area contributed by atoms with Crippen LogP contribution in [-0.4, -0.2) is 113 Å². The first-order chi connectivity index (χ1) is 36.7. The van der Waals surface area contributed by atoms with Crippen LogP contribution in [0, 0.1) is 12.8 Å². The lowest BCUT2D eigenvalue weighted by Crippen LogP contribution is -2.54. The molecule has 8 amide bonds. The number of aromatic nitrogens is 6. The molecule has 0 spiro atoms. The van der Waals surface area contributed by atoms with E-state index in [0.717, 1.165) is 55.7 Å². The van der Waals surface area contributed by atoms with E-state index < -0.39 is 36.0 Å². The summed E-state index contributed by atoms with van der Waals surface area (Å²) in [6.07, 6.45) is 8.19. The Bertz CT molecular complexity index is 3110. The molecule has 2 aromatic carbocycles. The number of nitrogens with zero attached hydrogens (tertiary/aromatic N) is 7. The number of anilines is 2. The van der Waals surface area contributed by atoms with Crippen LogP contribution >= 0.6 is 0 Å². The van der Waals surface area contributed by atoms with Crippen molar-refractivity contribution in [3.05, 3.63) is 126 Å². The molecule has 0 fully saturated rings. The second-order valence-electron chi connectivity index (χ2n) is 19.0. The van der Waals surface area contributed by atoms with E-state index in [0.29, 0.717) is 68.8 Å². The summed E-state index contributed by atoms with van der Waals surface area (Å²) < 4.78 is 7.47. The van der Waals surface area contributed by atoms with E-state index >= 15 is 0 Å². The molecule has 22 heteroatoms. The summed E-state index contributed by atoms with van der Waals surface area (Å²) in [5.74, 6) is -1.74. The second kappa shape index (κ2) is 24.9. The molecule has 2 atom stereocenters. The maximum atomic E-state index is 13.7. The van der Waals surface area contributed by atoms with Crippen LogP contribution in [0.15, 0.2) is 97.5 Å². The molecular formula is C54H62N14O8.